The predicted molar refractivity (Wildman–Crippen MR) is 58.1 cm³/mol. The summed E-state index contributed by atoms with van der Waals surface area (Å²) >= 11 is 0. The molecule has 5 heteroatoms. The Labute approximate surface area is 99.8 Å². The van der Waals surface area contributed by atoms with Gasteiger partial charge in [-0.05, 0) is 12.0 Å². The van der Waals surface area contributed by atoms with Gasteiger partial charge in [0, 0.05) is 12.8 Å². The van der Waals surface area contributed by atoms with Crippen molar-refractivity contribution in [2.75, 3.05) is 6.61 Å². The Morgan fingerprint density at radius 1 is 1.41 bits per heavy atom. The van der Waals surface area contributed by atoms with E-state index in [9.17, 15) is 9.90 Å². The predicted octanol–water partition coefficient (Wildman–Crippen LogP) is -1.34. The maximum atomic E-state index is 11.6. The first-order valence-corrected chi connectivity index (χ1v) is 5.45. The molecular weight excluding hydrogens is 222 g/mol. The number of hydrogen-bond acceptors (Lipinski definition) is 4. The molecule has 0 amide bonds. The molecule has 1 aromatic carbocycles. The lowest BCUT2D eigenvalue weighted by atomic mass is 10.1. The van der Waals surface area contributed by atoms with E-state index >= 15 is 0 Å². The zero-order chi connectivity index (χ0) is 12.7. The number of aliphatic hydroxyl groups is 1. The molecule has 1 aromatic rings. The second-order valence-electron chi connectivity index (χ2n) is 3.75. The van der Waals surface area contributed by atoms with Crippen LogP contribution in [0.15, 0.2) is 30.3 Å². The molecule has 4 N–H and O–H groups in total. The van der Waals surface area contributed by atoms with E-state index in [0.29, 0.717) is 0 Å². The molecule has 17 heavy (non-hydrogen) atoms. The van der Waals surface area contributed by atoms with Gasteiger partial charge in [-0.1, -0.05) is 30.3 Å². The molecule has 0 radical (unpaired) electrons. The fourth-order valence-electron chi connectivity index (χ4n) is 1.43. The normalized spacial score (nSPS) is 14.1. The van der Waals surface area contributed by atoms with Gasteiger partial charge in [-0.15, -0.1) is 0 Å². The van der Waals surface area contributed by atoms with Crippen molar-refractivity contribution in [3.8, 4) is 0 Å². The van der Waals surface area contributed by atoms with E-state index in [1.807, 2.05) is 30.3 Å². The Kier molecular flexibility index (Phi) is 5.62. The molecule has 5 nitrogen and oxygen atoms in total. The van der Waals surface area contributed by atoms with Gasteiger partial charge < -0.3 is 20.7 Å². The Morgan fingerprint density at radius 3 is 2.59 bits per heavy atom. The molecule has 0 spiro atoms. The molecule has 94 valence electrons. The molecule has 0 aliphatic rings. The van der Waals surface area contributed by atoms with Gasteiger partial charge in [0.2, 0.25) is 0 Å². The van der Waals surface area contributed by atoms with Gasteiger partial charge in [0.25, 0.3) is 0 Å². The first-order chi connectivity index (χ1) is 8.15. The second kappa shape index (κ2) is 7.01. The average Bonchev–Trinajstić information content (AvgIpc) is 2.34. The SMILES string of the molecule is [NH3+][C@H]([O-])[C@@H](CCO)C(=O)OCc1ccccc1. The summed E-state index contributed by atoms with van der Waals surface area (Å²) in [5, 5.41) is 19.9. The van der Waals surface area contributed by atoms with Crippen LogP contribution in [0, 0.1) is 5.92 Å². The van der Waals surface area contributed by atoms with Gasteiger partial charge in [0.1, 0.15) is 6.61 Å². The van der Waals surface area contributed by atoms with Crippen LogP contribution in [0.4, 0.5) is 0 Å². The van der Waals surface area contributed by atoms with Crippen molar-refractivity contribution < 1.29 is 25.5 Å². The highest BCUT2D eigenvalue weighted by molar-refractivity contribution is 5.72. The van der Waals surface area contributed by atoms with Gasteiger partial charge in [-0.3, -0.25) is 4.79 Å². The first kappa shape index (κ1) is 13.6. The molecule has 0 aliphatic carbocycles. The standard InChI is InChI=1S/C12H16NO4/c13-11(15)10(6-7-14)12(16)17-8-9-4-2-1-3-5-9/h1-5,10-11,14H,6-8,13H2/q-1/p+1/t10-,11-/m1/s1. The number of esters is 1. The second-order valence-corrected chi connectivity index (χ2v) is 3.75. The lowest BCUT2D eigenvalue weighted by Crippen LogP contribution is -2.72. The van der Waals surface area contributed by atoms with Crippen LogP contribution in [-0.4, -0.2) is 23.9 Å². The summed E-state index contributed by atoms with van der Waals surface area (Å²) in [6.45, 7) is -0.0896. The van der Waals surface area contributed by atoms with Crippen LogP contribution in [0.25, 0.3) is 0 Å². The van der Waals surface area contributed by atoms with E-state index in [0.717, 1.165) is 5.56 Å². The van der Waals surface area contributed by atoms with Gasteiger partial charge >= 0.3 is 5.97 Å². The molecule has 0 heterocycles. The number of carbonyl (C=O) groups excluding carboxylic acids is 1. The molecule has 0 saturated heterocycles. The number of rotatable bonds is 6. The average molecular weight is 239 g/mol. The van der Waals surface area contributed by atoms with Crippen LogP contribution in [0.3, 0.4) is 0 Å². The fraction of sp³-hybridized carbons (Fsp3) is 0.417. The minimum atomic E-state index is -1.31. The van der Waals surface area contributed by atoms with Crippen LogP contribution in [0.5, 0.6) is 0 Å². The molecule has 0 aliphatic heterocycles. The van der Waals surface area contributed by atoms with Gasteiger partial charge in [0.15, 0.2) is 0 Å². The zero-order valence-corrected chi connectivity index (χ0v) is 9.54. The maximum absolute atomic E-state index is 11.6. The fourth-order valence-corrected chi connectivity index (χ4v) is 1.43. The summed E-state index contributed by atoms with van der Waals surface area (Å²) in [6, 6.07) is 9.20. The number of ether oxygens (including phenoxy) is 1. The molecule has 1 rings (SSSR count). The summed E-state index contributed by atoms with van der Waals surface area (Å²) in [4.78, 5) is 11.6. The van der Waals surface area contributed by atoms with E-state index in [-0.39, 0.29) is 19.6 Å². The summed E-state index contributed by atoms with van der Waals surface area (Å²) in [5.41, 5.74) is 4.12. The Bertz CT molecular complexity index is 340. The molecule has 0 unspecified atom stereocenters. The third kappa shape index (κ3) is 4.52. The number of benzene rings is 1. The highest BCUT2D eigenvalue weighted by atomic mass is 16.5. The van der Waals surface area contributed by atoms with Crippen molar-refractivity contribution in [3.63, 3.8) is 0 Å². The minimum absolute atomic E-state index is 0.0886. The molecule has 0 bridgehead atoms. The largest absolute Gasteiger partial charge is 0.806 e. The lowest BCUT2D eigenvalue weighted by molar-refractivity contribution is -0.666. The quantitative estimate of drug-likeness (QED) is 0.474. The summed E-state index contributed by atoms with van der Waals surface area (Å²) in [6.07, 6.45) is -1.23. The highest BCUT2D eigenvalue weighted by Crippen LogP contribution is 2.08. The van der Waals surface area contributed by atoms with Gasteiger partial charge in [-0.2, -0.15) is 0 Å². The van der Waals surface area contributed by atoms with Crippen LogP contribution in [0.1, 0.15) is 12.0 Å². The van der Waals surface area contributed by atoms with E-state index in [1.165, 1.54) is 0 Å². The maximum Gasteiger partial charge on any atom is 0.313 e. The number of quaternary nitrogens is 1. The van der Waals surface area contributed by atoms with E-state index < -0.39 is 18.1 Å². The van der Waals surface area contributed by atoms with Crippen molar-refractivity contribution in [2.45, 2.75) is 19.3 Å². The van der Waals surface area contributed by atoms with Crippen molar-refractivity contribution in [2.24, 2.45) is 5.92 Å². The number of aliphatic hydroxyl groups excluding tert-OH is 1. The van der Waals surface area contributed by atoms with Crippen molar-refractivity contribution in [1.82, 2.24) is 0 Å². The van der Waals surface area contributed by atoms with E-state index in [4.69, 9.17) is 9.84 Å². The Morgan fingerprint density at radius 2 is 2.06 bits per heavy atom. The number of hydrogen-bond donors (Lipinski definition) is 2. The third-order valence-electron chi connectivity index (χ3n) is 2.42. The van der Waals surface area contributed by atoms with E-state index in [2.05, 4.69) is 5.73 Å². The topological polar surface area (TPSA) is 97.2 Å². The molecule has 0 aromatic heterocycles. The lowest BCUT2D eigenvalue weighted by Gasteiger charge is -2.22. The van der Waals surface area contributed by atoms with Crippen LogP contribution >= 0.6 is 0 Å². The minimum Gasteiger partial charge on any atom is -0.806 e. The van der Waals surface area contributed by atoms with Crippen LogP contribution < -0.4 is 10.8 Å². The van der Waals surface area contributed by atoms with Crippen molar-refractivity contribution >= 4 is 5.97 Å². The Balaban J connectivity index is 2.47. The summed E-state index contributed by atoms with van der Waals surface area (Å²) in [7, 11) is 0. The van der Waals surface area contributed by atoms with Gasteiger partial charge in [0.05, 0.1) is 5.92 Å². The third-order valence-corrected chi connectivity index (χ3v) is 2.42. The molecular formula is C12H17NO4. The first-order valence-electron chi connectivity index (χ1n) is 5.45. The Hall–Kier alpha value is -1.43. The molecule has 2 atom stereocenters. The van der Waals surface area contributed by atoms with E-state index in [1.54, 1.807) is 0 Å². The number of carbonyl (C=O) groups is 1. The van der Waals surface area contributed by atoms with Crippen LogP contribution in [-0.2, 0) is 16.1 Å². The highest BCUT2D eigenvalue weighted by Gasteiger charge is 2.22. The van der Waals surface area contributed by atoms with Gasteiger partial charge in [-0.25, -0.2) is 0 Å². The summed E-state index contributed by atoms with van der Waals surface area (Å²) in [5.74, 6) is -1.48. The van der Waals surface area contributed by atoms with Crippen molar-refractivity contribution in [3.05, 3.63) is 35.9 Å². The summed E-state index contributed by atoms with van der Waals surface area (Å²) < 4.78 is 5.01. The monoisotopic (exact) mass is 239 g/mol. The van der Waals surface area contributed by atoms with Crippen LogP contribution in [0.2, 0.25) is 0 Å². The smallest absolute Gasteiger partial charge is 0.313 e. The molecule has 0 saturated carbocycles. The molecule has 0 fully saturated rings. The van der Waals surface area contributed by atoms with Crippen molar-refractivity contribution in [1.29, 1.82) is 0 Å². The zero-order valence-electron chi connectivity index (χ0n) is 9.54.